The van der Waals surface area contributed by atoms with Crippen LogP contribution in [0, 0.1) is 0 Å². The van der Waals surface area contributed by atoms with E-state index in [0.717, 1.165) is 50.3 Å². The van der Waals surface area contributed by atoms with Crippen molar-refractivity contribution in [2.24, 2.45) is 0 Å². The van der Waals surface area contributed by atoms with Crippen LogP contribution in [0.1, 0.15) is 37.4 Å². The molecule has 10 nitrogen and oxygen atoms in total. The average Bonchev–Trinajstić information content (AvgIpc) is 3.32. The van der Waals surface area contributed by atoms with E-state index in [4.69, 9.17) is 4.74 Å². The van der Waals surface area contributed by atoms with E-state index in [1.165, 1.54) is 16.1 Å². The van der Waals surface area contributed by atoms with Gasteiger partial charge in [-0.1, -0.05) is 11.8 Å². The number of carbonyl (C=O) groups is 1. The number of aromatic nitrogens is 3. The van der Waals surface area contributed by atoms with Crippen LogP contribution < -0.4 is 10.2 Å². The lowest BCUT2D eigenvalue weighted by Crippen LogP contribution is -2.40. The Labute approximate surface area is 197 Å². The Bertz CT molecular complexity index is 1110. The van der Waals surface area contributed by atoms with Crippen molar-refractivity contribution in [1.29, 1.82) is 0 Å². The summed E-state index contributed by atoms with van der Waals surface area (Å²) in [5.41, 5.74) is 1.37. The Morgan fingerprint density at radius 2 is 1.94 bits per heavy atom. The number of sulfonamides is 1. The minimum absolute atomic E-state index is 0.141. The highest BCUT2D eigenvalue weighted by Crippen LogP contribution is 2.38. The number of carbonyl (C=O) groups excluding carboxylic acids is 1. The minimum Gasteiger partial charge on any atom is -0.379 e. The molecule has 3 aliphatic rings. The number of nitrogens with one attached hydrogen (secondary N) is 2. The molecule has 1 aliphatic carbocycles. The van der Waals surface area contributed by atoms with Crippen LogP contribution in [0.4, 0.5) is 11.4 Å². The fraction of sp³-hybridized carbons (Fsp3) is 0.571. The summed E-state index contributed by atoms with van der Waals surface area (Å²) >= 11 is 1.26. The van der Waals surface area contributed by atoms with Gasteiger partial charge in [0.1, 0.15) is 5.82 Å². The van der Waals surface area contributed by atoms with Crippen LogP contribution in [0.25, 0.3) is 0 Å². The van der Waals surface area contributed by atoms with Crippen LogP contribution in [-0.4, -0.2) is 79.0 Å². The molecule has 2 saturated heterocycles. The van der Waals surface area contributed by atoms with Gasteiger partial charge >= 0.3 is 0 Å². The third kappa shape index (κ3) is 5.18. The number of aromatic amines is 1. The molecule has 2 aliphatic heterocycles. The molecule has 3 fully saturated rings. The molecule has 3 heterocycles. The van der Waals surface area contributed by atoms with Gasteiger partial charge in [-0.05, 0) is 43.9 Å². The first-order valence-corrected chi connectivity index (χ1v) is 13.7. The second-order valence-corrected chi connectivity index (χ2v) is 11.4. The summed E-state index contributed by atoms with van der Waals surface area (Å²) in [5.74, 6) is 1.27. The summed E-state index contributed by atoms with van der Waals surface area (Å²) in [6.45, 7) is 3.19. The molecule has 12 heteroatoms. The highest BCUT2D eigenvalue weighted by Gasteiger charge is 2.29. The summed E-state index contributed by atoms with van der Waals surface area (Å²) in [5, 5.41) is 10.6. The highest BCUT2D eigenvalue weighted by atomic mass is 32.2. The first kappa shape index (κ1) is 22.6. The van der Waals surface area contributed by atoms with E-state index in [-0.39, 0.29) is 16.6 Å². The standard InChI is InChI=1S/C21H28N6O4S2/c28-19(14-32-21-23-20(24-25-21)15-3-4-15)22-17-13-16(5-6-18(17)26-7-1-2-8-26)33(29,30)27-9-11-31-12-10-27/h5-6,13,15H,1-4,7-12,14H2,(H,22,28)(H,23,24,25). The quantitative estimate of drug-likeness (QED) is 0.537. The maximum absolute atomic E-state index is 13.2. The van der Waals surface area contributed by atoms with Crippen molar-refractivity contribution < 1.29 is 17.9 Å². The summed E-state index contributed by atoms with van der Waals surface area (Å²) < 4.78 is 33.0. The monoisotopic (exact) mass is 492 g/mol. The molecule has 0 spiro atoms. The maximum atomic E-state index is 13.2. The van der Waals surface area contributed by atoms with Crippen molar-refractivity contribution in [2.75, 3.05) is 55.4 Å². The molecule has 2 N–H and O–H groups in total. The van der Waals surface area contributed by atoms with Gasteiger partial charge in [0.25, 0.3) is 0 Å². The smallest absolute Gasteiger partial charge is 0.243 e. The molecular weight excluding hydrogens is 464 g/mol. The Morgan fingerprint density at radius 1 is 1.18 bits per heavy atom. The molecule has 1 amide bonds. The molecule has 2 aromatic rings. The van der Waals surface area contributed by atoms with Crippen LogP contribution in [0.3, 0.4) is 0 Å². The van der Waals surface area contributed by atoms with Crippen molar-refractivity contribution >= 4 is 39.1 Å². The minimum atomic E-state index is -3.66. The summed E-state index contributed by atoms with van der Waals surface area (Å²) in [6, 6.07) is 5.02. The van der Waals surface area contributed by atoms with Gasteiger partial charge in [-0.3, -0.25) is 9.89 Å². The molecule has 0 radical (unpaired) electrons. The number of nitrogens with zero attached hydrogens (tertiary/aromatic N) is 4. The maximum Gasteiger partial charge on any atom is 0.243 e. The van der Waals surface area contributed by atoms with Crippen molar-refractivity contribution in [1.82, 2.24) is 19.5 Å². The van der Waals surface area contributed by atoms with Gasteiger partial charge in [-0.15, -0.1) is 5.10 Å². The third-order valence-corrected chi connectivity index (χ3v) is 8.82. The first-order valence-electron chi connectivity index (χ1n) is 11.3. The van der Waals surface area contributed by atoms with Crippen molar-refractivity contribution in [3.8, 4) is 0 Å². The van der Waals surface area contributed by atoms with E-state index in [2.05, 4.69) is 25.4 Å². The van der Waals surface area contributed by atoms with Gasteiger partial charge < -0.3 is 15.0 Å². The molecule has 0 atom stereocenters. The fourth-order valence-corrected chi connectivity index (χ4v) is 6.16. The van der Waals surface area contributed by atoms with Gasteiger partial charge in [0.15, 0.2) is 0 Å². The third-order valence-electron chi connectivity index (χ3n) is 6.08. The molecule has 1 saturated carbocycles. The summed E-state index contributed by atoms with van der Waals surface area (Å²) in [4.78, 5) is 19.6. The van der Waals surface area contributed by atoms with E-state index in [0.29, 0.717) is 43.1 Å². The number of rotatable bonds is 8. The van der Waals surface area contributed by atoms with E-state index >= 15 is 0 Å². The molecule has 1 aromatic carbocycles. The molecule has 33 heavy (non-hydrogen) atoms. The Balaban J connectivity index is 1.32. The Morgan fingerprint density at radius 3 is 2.67 bits per heavy atom. The molecule has 5 rings (SSSR count). The second kappa shape index (κ2) is 9.61. The predicted molar refractivity (Wildman–Crippen MR) is 125 cm³/mol. The molecule has 178 valence electrons. The first-order chi connectivity index (χ1) is 16.0. The van der Waals surface area contributed by atoms with E-state index in [1.54, 1.807) is 18.2 Å². The second-order valence-electron chi connectivity index (χ2n) is 8.50. The largest absolute Gasteiger partial charge is 0.379 e. The van der Waals surface area contributed by atoms with Gasteiger partial charge in [-0.2, -0.15) is 4.31 Å². The molecular formula is C21H28N6O4S2. The SMILES string of the molecule is O=C(CSc1n[nH]c(C2CC2)n1)Nc1cc(S(=O)(=O)N2CCOCC2)ccc1N1CCCC1. The van der Waals surface area contributed by atoms with Crippen LogP contribution in [0.15, 0.2) is 28.3 Å². The number of hydrogen-bond donors (Lipinski definition) is 2. The molecule has 0 unspecified atom stereocenters. The number of anilines is 2. The number of amides is 1. The van der Waals surface area contributed by atoms with Crippen LogP contribution in [-0.2, 0) is 19.6 Å². The van der Waals surface area contributed by atoms with Crippen LogP contribution >= 0.6 is 11.8 Å². The summed E-state index contributed by atoms with van der Waals surface area (Å²) in [6.07, 6.45) is 4.40. The number of hydrogen-bond acceptors (Lipinski definition) is 8. The van der Waals surface area contributed by atoms with Crippen molar-refractivity contribution in [3.05, 3.63) is 24.0 Å². The predicted octanol–water partition coefficient (Wildman–Crippen LogP) is 2.03. The van der Waals surface area contributed by atoms with E-state index in [1.807, 2.05) is 0 Å². The van der Waals surface area contributed by atoms with Gasteiger partial charge in [0.05, 0.1) is 35.2 Å². The highest BCUT2D eigenvalue weighted by molar-refractivity contribution is 7.99. The number of morpholine rings is 1. The number of benzene rings is 1. The zero-order chi connectivity index (χ0) is 22.8. The van der Waals surface area contributed by atoms with Crippen molar-refractivity contribution in [2.45, 2.75) is 41.7 Å². The summed E-state index contributed by atoms with van der Waals surface area (Å²) in [7, 11) is -3.66. The normalized spacial score (nSPS) is 19.7. The lowest BCUT2D eigenvalue weighted by Gasteiger charge is -2.27. The topological polar surface area (TPSA) is 121 Å². The molecule has 0 bridgehead atoms. The Hall–Kier alpha value is -2.15. The van der Waals surface area contributed by atoms with Crippen LogP contribution in [0.2, 0.25) is 0 Å². The van der Waals surface area contributed by atoms with E-state index in [9.17, 15) is 13.2 Å². The van der Waals surface area contributed by atoms with Gasteiger partial charge in [0.2, 0.25) is 21.1 Å². The number of ether oxygens (including phenoxy) is 1. The van der Waals surface area contributed by atoms with Gasteiger partial charge in [-0.25, -0.2) is 13.4 Å². The zero-order valence-electron chi connectivity index (χ0n) is 18.3. The van der Waals surface area contributed by atoms with E-state index < -0.39 is 10.0 Å². The lowest BCUT2D eigenvalue weighted by atomic mass is 10.2. The van der Waals surface area contributed by atoms with Crippen LogP contribution in [0.5, 0.6) is 0 Å². The number of H-pyrrole nitrogens is 1. The zero-order valence-corrected chi connectivity index (χ0v) is 20.0. The fourth-order valence-electron chi connectivity index (χ4n) is 4.12. The number of thioether (sulfide) groups is 1. The molecule has 1 aromatic heterocycles. The lowest BCUT2D eigenvalue weighted by molar-refractivity contribution is -0.113. The van der Waals surface area contributed by atoms with Gasteiger partial charge in [0, 0.05) is 32.1 Å². The average molecular weight is 493 g/mol. The Kier molecular flexibility index (Phi) is 6.59. The van der Waals surface area contributed by atoms with Crippen molar-refractivity contribution in [3.63, 3.8) is 0 Å².